The van der Waals surface area contributed by atoms with Crippen molar-refractivity contribution in [2.75, 3.05) is 13.1 Å². The molecule has 1 amide bonds. The highest BCUT2D eigenvalue weighted by Gasteiger charge is 2.32. The fourth-order valence-corrected chi connectivity index (χ4v) is 4.69. The molecule has 0 radical (unpaired) electrons. The lowest BCUT2D eigenvalue weighted by Gasteiger charge is -2.36. The molecule has 2 aliphatic rings. The van der Waals surface area contributed by atoms with Crippen LogP contribution in [0.15, 0.2) is 29.1 Å². The number of nitrogens with one attached hydrogen (secondary N) is 1. The zero-order valence-electron chi connectivity index (χ0n) is 15.2. The number of hydrogen-bond acceptors (Lipinski definition) is 3. The smallest absolute Gasteiger partial charge is 0.326 e. The summed E-state index contributed by atoms with van der Waals surface area (Å²) in [5, 5.41) is 0. The molecular weight excluding hydrogens is 328 g/mol. The SMILES string of the molecule is NC(C(=O)N1CCC(n2c(=O)[nH]c3ccccc32)CC1)C1CCCCC1. The highest BCUT2D eigenvalue weighted by Crippen LogP contribution is 2.29. The van der Waals surface area contributed by atoms with Gasteiger partial charge >= 0.3 is 5.69 Å². The molecule has 3 N–H and O–H groups in total. The van der Waals surface area contributed by atoms with Gasteiger partial charge in [0.1, 0.15) is 0 Å². The molecule has 1 unspecified atom stereocenters. The van der Waals surface area contributed by atoms with Crippen LogP contribution in [0.1, 0.15) is 51.0 Å². The summed E-state index contributed by atoms with van der Waals surface area (Å²) in [6, 6.07) is 7.56. The summed E-state index contributed by atoms with van der Waals surface area (Å²) in [5.41, 5.74) is 8.06. The fourth-order valence-electron chi connectivity index (χ4n) is 4.69. The maximum atomic E-state index is 12.8. The van der Waals surface area contributed by atoms with Gasteiger partial charge < -0.3 is 15.6 Å². The molecule has 6 heteroatoms. The maximum absolute atomic E-state index is 12.8. The normalized spacial score (nSPS) is 21.2. The van der Waals surface area contributed by atoms with Crippen molar-refractivity contribution in [3.63, 3.8) is 0 Å². The molecule has 1 aliphatic heterocycles. The number of aromatic nitrogens is 2. The van der Waals surface area contributed by atoms with Gasteiger partial charge in [-0.15, -0.1) is 0 Å². The number of H-pyrrole nitrogens is 1. The van der Waals surface area contributed by atoms with E-state index in [-0.39, 0.29) is 23.7 Å². The first kappa shape index (κ1) is 17.3. The number of fused-ring (bicyclic) bond motifs is 1. The Morgan fingerprint density at radius 3 is 2.50 bits per heavy atom. The number of likely N-dealkylation sites (tertiary alicyclic amines) is 1. The molecule has 4 rings (SSSR count). The van der Waals surface area contributed by atoms with E-state index in [9.17, 15) is 9.59 Å². The van der Waals surface area contributed by atoms with Gasteiger partial charge in [0.2, 0.25) is 5.91 Å². The number of nitrogens with two attached hydrogens (primary N) is 1. The molecule has 0 spiro atoms. The summed E-state index contributed by atoms with van der Waals surface area (Å²) in [6.45, 7) is 1.35. The van der Waals surface area contributed by atoms with E-state index in [1.165, 1.54) is 19.3 Å². The highest BCUT2D eigenvalue weighted by atomic mass is 16.2. The Balaban J connectivity index is 1.43. The molecule has 0 bridgehead atoms. The van der Waals surface area contributed by atoms with Crippen molar-refractivity contribution in [3.05, 3.63) is 34.7 Å². The number of piperidine rings is 1. The number of carbonyl (C=O) groups is 1. The molecule has 1 saturated carbocycles. The Kier molecular flexibility index (Phi) is 4.85. The zero-order chi connectivity index (χ0) is 18.1. The van der Waals surface area contributed by atoms with Crippen molar-refractivity contribution < 1.29 is 4.79 Å². The van der Waals surface area contributed by atoms with E-state index in [2.05, 4.69) is 4.98 Å². The van der Waals surface area contributed by atoms with Crippen molar-refractivity contribution in [1.29, 1.82) is 0 Å². The van der Waals surface area contributed by atoms with Crippen LogP contribution in [0.4, 0.5) is 0 Å². The molecule has 2 aromatic rings. The van der Waals surface area contributed by atoms with Crippen LogP contribution in [0.2, 0.25) is 0 Å². The predicted molar refractivity (Wildman–Crippen MR) is 102 cm³/mol. The highest BCUT2D eigenvalue weighted by molar-refractivity contribution is 5.82. The van der Waals surface area contributed by atoms with Crippen molar-refractivity contribution in [3.8, 4) is 0 Å². The Morgan fingerprint density at radius 2 is 1.77 bits per heavy atom. The molecule has 1 atom stereocenters. The van der Waals surface area contributed by atoms with Crippen LogP contribution in [0.5, 0.6) is 0 Å². The number of hydrogen-bond donors (Lipinski definition) is 2. The number of imidazole rings is 1. The second-order valence-corrected chi connectivity index (χ2v) is 7.80. The van der Waals surface area contributed by atoms with Gasteiger partial charge in [-0.1, -0.05) is 31.4 Å². The van der Waals surface area contributed by atoms with Crippen LogP contribution in [0.25, 0.3) is 11.0 Å². The first-order valence-electron chi connectivity index (χ1n) is 9.89. The summed E-state index contributed by atoms with van der Waals surface area (Å²) >= 11 is 0. The van der Waals surface area contributed by atoms with E-state index in [0.29, 0.717) is 19.0 Å². The molecule has 1 aromatic heterocycles. The Bertz CT molecular complexity index is 826. The number of aromatic amines is 1. The number of amides is 1. The topological polar surface area (TPSA) is 84.1 Å². The number of carbonyl (C=O) groups excluding carboxylic acids is 1. The van der Waals surface area contributed by atoms with Crippen LogP contribution in [-0.2, 0) is 4.79 Å². The van der Waals surface area contributed by atoms with E-state index in [1.807, 2.05) is 33.7 Å². The van der Waals surface area contributed by atoms with E-state index in [0.717, 1.165) is 36.7 Å². The molecular formula is C20H28N4O2. The monoisotopic (exact) mass is 356 g/mol. The lowest BCUT2D eigenvalue weighted by atomic mass is 9.83. The average molecular weight is 356 g/mol. The fraction of sp³-hybridized carbons (Fsp3) is 0.600. The van der Waals surface area contributed by atoms with Crippen molar-refractivity contribution in [2.24, 2.45) is 11.7 Å². The second-order valence-electron chi connectivity index (χ2n) is 7.80. The largest absolute Gasteiger partial charge is 0.341 e. The summed E-state index contributed by atoms with van der Waals surface area (Å²) in [6.07, 6.45) is 7.40. The number of rotatable bonds is 3. The second kappa shape index (κ2) is 7.27. The lowest BCUT2D eigenvalue weighted by molar-refractivity contribution is -0.135. The van der Waals surface area contributed by atoms with Gasteiger partial charge in [0.25, 0.3) is 0 Å². The van der Waals surface area contributed by atoms with Crippen LogP contribution in [0, 0.1) is 5.92 Å². The van der Waals surface area contributed by atoms with Gasteiger partial charge in [0, 0.05) is 19.1 Å². The van der Waals surface area contributed by atoms with Crippen molar-refractivity contribution >= 4 is 16.9 Å². The van der Waals surface area contributed by atoms with Gasteiger partial charge in [-0.3, -0.25) is 9.36 Å². The summed E-state index contributed by atoms with van der Waals surface area (Å²) in [5.74, 6) is 0.437. The van der Waals surface area contributed by atoms with E-state index in [4.69, 9.17) is 5.73 Å². The van der Waals surface area contributed by atoms with E-state index >= 15 is 0 Å². The number of para-hydroxylation sites is 2. The molecule has 26 heavy (non-hydrogen) atoms. The minimum atomic E-state index is -0.359. The van der Waals surface area contributed by atoms with Gasteiger partial charge in [0.05, 0.1) is 17.1 Å². The molecule has 1 saturated heterocycles. The first-order valence-corrected chi connectivity index (χ1v) is 9.89. The van der Waals surface area contributed by atoms with Crippen LogP contribution >= 0.6 is 0 Å². The van der Waals surface area contributed by atoms with Crippen molar-refractivity contribution in [1.82, 2.24) is 14.5 Å². The zero-order valence-corrected chi connectivity index (χ0v) is 15.2. The van der Waals surface area contributed by atoms with Crippen LogP contribution in [-0.4, -0.2) is 39.5 Å². The van der Waals surface area contributed by atoms with E-state index < -0.39 is 0 Å². The third-order valence-electron chi connectivity index (χ3n) is 6.21. The Hall–Kier alpha value is -2.08. The molecule has 6 nitrogen and oxygen atoms in total. The maximum Gasteiger partial charge on any atom is 0.326 e. The Morgan fingerprint density at radius 1 is 1.08 bits per heavy atom. The predicted octanol–water partition coefficient (Wildman–Crippen LogP) is 2.40. The van der Waals surface area contributed by atoms with Gasteiger partial charge in [-0.05, 0) is 43.7 Å². The molecule has 2 heterocycles. The lowest BCUT2D eigenvalue weighted by Crippen LogP contribution is -2.51. The van der Waals surface area contributed by atoms with Gasteiger partial charge in [0.15, 0.2) is 0 Å². The number of nitrogens with zero attached hydrogens (tertiary/aromatic N) is 2. The van der Waals surface area contributed by atoms with Crippen molar-refractivity contribution in [2.45, 2.75) is 57.0 Å². The summed E-state index contributed by atoms with van der Waals surface area (Å²) in [4.78, 5) is 30.0. The minimum Gasteiger partial charge on any atom is -0.341 e. The molecule has 1 aromatic carbocycles. The van der Waals surface area contributed by atoms with Crippen LogP contribution < -0.4 is 11.4 Å². The third kappa shape index (κ3) is 3.18. The Labute approximate surface area is 153 Å². The van der Waals surface area contributed by atoms with E-state index in [1.54, 1.807) is 0 Å². The first-order chi connectivity index (χ1) is 12.6. The third-order valence-corrected chi connectivity index (χ3v) is 6.21. The van der Waals surface area contributed by atoms with Gasteiger partial charge in [-0.2, -0.15) is 0 Å². The summed E-state index contributed by atoms with van der Waals surface area (Å²) < 4.78 is 1.86. The average Bonchev–Trinajstić information content (AvgIpc) is 3.03. The quantitative estimate of drug-likeness (QED) is 0.886. The van der Waals surface area contributed by atoms with Crippen LogP contribution in [0.3, 0.4) is 0 Å². The molecule has 2 fully saturated rings. The number of benzene rings is 1. The molecule has 1 aliphatic carbocycles. The minimum absolute atomic E-state index is 0.0603. The molecule has 140 valence electrons. The standard InChI is InChI=1S/C20H28N4O2/c21-18(14-6-2-1-3-7-14)19(25)23-12-10-15(11-13-23)24-17-9-5-4-8-16(17)22-20(24)26/h4-5,8-9,14-15,18H,1-3,6-7,10-13,21H2,(H,22,26). The summed E-state index contributed by atoms with van der Waals surface area (Å²) in [7, 11) is 0. The van der Waals surface area contributed by atoms with Gasteiger partial charge in [-0.25, -0.2) is 4.79 Å².